The number of aryl methyl sites for hydroxylation is 2. The molecule has 1 fully saturated rings. The second-order valence-electron chi connectivity index (χ2n) is 7.27. The van der Waals surface area contributed by atoms with Crippen LogP contribution in [0.5, 0.6) is 0 Å². The Morgan fingerprint density at radius 1 is 1.35 bits per heavy atom. The van der Waals surface area contributed by atoms with Gasteiger partial charge in [0.1, 0.15) is 5.65 Å². The summed E-state index contributed by atoms with van der Waals surface area (Å²) in [5.41, 5.74) is 3.31. The highest BCUT2D eigenvalue weighted by Crippen LogP contribution is 2.28. The van der Waals surface area contributed by atoms with E-state index in [0.29, 0.717) is 17.9 Å². The van der Waals surface area contributed by atoms with E-state index in [-0.39, 0.29) is 11.9 Å². The summed E-state index contributed by atoms with van der Waals surface area (Å²) >= 11 is 0. The fraction of sp³-hybridized carbons (Fsp3) is 0.421. The Hall–Kier alpha value is -2.67. The van der Waals surface area contributed by atoms with Crippen molar-refractivity contribution in [2.75, 3.05) is 0 Å². The molecule has 0 spiro atoms. The van der Waals surface area contributed by atoms with Crippen molar-refractivity contribution >= 4 is 11.6 Å². The van der Waals surface area contributed by atoms with Gasteiger partial charge in [0.2, 0.25) is 0 Å². The Labute approximate surface area is 151 Å². The van der Waals surface area contributed by atoms with Crippen LogP contribution in [0.15, 0.2) is 37.2 Å². The number of imidazole rings is 2. The van der Waals surface area contributed by atoms with Crippen molar-refractivity contribution in [1.82, 2.24) is 24.3 Å². The average Bonchev–Trinajstić information content (AvgIpc) is 3.29. The van der Waals surface area contributed by atoms with E-state index in [9.17, 15) is 9.90 Å². The molecule has 0 bridgehead atoms. The molecule has 2 N–H and O–H groups in total. The van der Waals surface area contributed by atoms with Crippen LogP contribution < -0.4 is 5.32 Å². The van der Waals surface area contributed by atoms with Crippen LogP contribution >= 0.6 is 0 Å². The fourth-order valence-corrected chi connectivity index (χ4v) is 3.88. The summed E-state index contributed by atoms with van der Waals surface area (Å²) in [6, 6.07) is 1.62. The van der Waals surface area contributed by atoms with Gasteiger partial charge in [0, 0.05) is 31.3 Å². The van der Waals surface area contributed by atoms with E-state index in [0.717, 1.165) is 29.9 Å². The topological polar surface area (TPSA) is 84.5 Å². The third-order valence-electron chi connectivity index (χ3n) is 5.09. The highest BCUT2D eigenvalue weighted by atomic mass is 16.3. The lowest BCUT2D eigenvalue weighted by molar-refractivity contribution is 0.0872. The van der Waals surface area contributed by atoms with Gasteiger partial charge in [-0.2, -0.15) is 0 Å². The van der Waals surface area contributed by atoms with Crippen molar-refractivity contribution in [3.05, 3.63) is 54.0 Å². The summed E-state index contributed by atoms with van der Waals surface area (Å²) < 4.78 is 3.90. The van der Waals surface area contributed by atoms with Gasteiger partial charge in [-0.15, -0.1) is 0 Å². The number of aromatic nitrogens is 4. The molecule has 3 heterocycles. The fourth-order valence-electron chi connectivity index (χ4n) is 3.88. The molecule has 3 atom stereocenters. The maximum atomic E-state index is 12.7. The van der Waals surface area contributed by atoms with Crippen molar-refractivity contribution < 1.29 is 9.90 Å². The third kappa shape index (κ3) is 3.22. The molecule has 1 amide bonds. The molecule has 0 aromatic carbocycles. The van der Waals surface area contributed by atoms with Gasteiger partial charge in [0.15, 0.2) is 0 Å². The molecule has 0 aliphatic heterocycles. The van der Waals surface area contributed by atoms with E-state index in [4.69, 9.17) is 0 Å². The third-order valence-corrected chi connectivity index (χ3v) is 5.09. The van der Waals surface area contributed by atoms with E-state index in [1.165, 1.54) is 0 Å². The first-order valence-electron chi connectivity index (χ1n) is 8.90. The quantitative estimate of drug-likeness (QED) is 0.748. The lowest BCUT2D eigenvalue weighted by Crippen LogP contribution is -2.40. The molecular weight excluding hydrogens is 330 g/mol. The van der Waals surface area contributed by atoms with Gasteiger partial charge in [0.25, 0.3) is 5.91 Å². The summed E-state index contributed by atoms with van der Waals surface area (Å²) in [6.07, 6.45) is 10.1. The van der Waals surface area contributed by atoms with Crippen molar-refractivity contribution in [1.29, 1.82) is 0 Å². The number of nitrogens with zero attached hydrogens (tertiary/aromatic N) is 4. The summed E-state index contributed by atoms with van der Waals surface area (Å²) in [6.45, 7) is 4.69. The Kier molecular flexibility index (Phi) is 4.24. The van der Waals surface area contributed by atoms with Crippen LogP contribution in [-0.2, 0) is 6.54 Å². The molecular formula is C19H23N5O2. The molecule has 4 rings (SSSR count). The summed E-state index contributed by atoms with van der Waals surface area (Å²) in [5.74, 6) is 0.165. The minimum atomic E-state index is -0.521. The van der Waals surface area contributed by atoms with Gasteiger partial charge in [0.05, 0.1) is 29.7 Å². The lowest BCUT2D eigenvalue weighted by Gasteiger charge is -2.17. The van der Waals surface area contributed by atoms with Gasteiger partial charge >= 0.3 is 0 Å². The number of hydrogen-bond acceptors (Lipinski definition) is 4. The standard InChI is InChI=1S/C19H23N5O2/c1-12-5-15(10-24-8-13(2)21-18(12)24)19(26)22-16-6-14(7-17(16)25)9-23-4-3-20-11-23/h3-5,8,10-11,14,16-17,25H,6-7,9H2,1-2H3,(H,22,26)/t14?,16-,17-/m1/s1. The molecule has 0 saturated heterocycles. The van der Waals surface area contributed by atoms with Gasteiger partial charge in [-0.1, -0.05) is 0 Å². The van der Waals surface area contributed by atoms with Gasteiger partial charge in [-0.05, 0) is 44.2 Å². The normalized spacial score (nSPS) is 22.8. The van der Waals surface area contributed by atoms with Crippen molar-refractivity contribution in [2.45, 2.75) is 45.4 Å². The summed E-state index contributed by atoms with van der Waals surface area (Å²) in [7, 11) is 0. The Balaban J connectivity index is 1.46. The molecule has 3 aromatic rings. The zero-order chi connectivity index (χ0) is 18.3. The van der Waals surface area contributed by atoms with Crippen molar-refractivity contribution in [3.8, 4) is 0 Å². The predicted molar refractivity (Wildman–Crippen MR) is 96.9 cm³/mol. The first-order valence-corrected chi connectivity index (χ1v) is 8.90. The number of pyridine rings is 1. The van der Waals surface area contributed by atoms with Crippen LogP contribution in [0.1, 0.15) is 34.5 Å². The van der Waals surface area contributed by atoms with Crippen LogP contribution in [0.2, 0.25) is 0 Å². The SMILES string of the molecule is Cc1cn2cc(C(=O)N[C@@H]3CC(Cn4ccnc4)C[C@H]3O)cc(C)c2n1. The van der Waals surface area contributed by atoms with Crippen LogP contribution in [0.25, 0.3) is 5.65 Å². The first-order chi connectivity index (χ1) is 12.5. The number of hydrogen-bond donors (Lipinski definition) is 2. The van der Waals surface area contributed by atoms with E-state index >= 15 is 0 Å². The second-order valence-corrected chi connectivity index (χ2v) is 7.27. The smallest absolute Gasteiger partial charge is 0.253 e. The molecule has 7 nitrogen and oxygen atoms in total. The lowest BCUT2D eigenvalue weighted by atomic mass is 10.1. The second kappa shape index (κ2) is 6.57. The molecule has 26 heavy (non-hydrogen) atoms. The Morgan fingerprint density at radius 2 is 2.19 bits per heavy atom. The number of fused-ring (bicyclic) bond motifs is 1. The number of nitrogens with one attached hydrogen (secondary N) is 1. The summed E-state index contributed by atoms with van der Waals surface area (Å²) in [4.78, 5) is 21.2. The van der Waals surface area contributed by atoms with Crippen LogP contribution in [0, 0.1) is 19.8 Å². The molecule has 1 unspecified atom stereocenters. The molecule has 7 heteroatoms. The van der Waals surface area contributed by atoms with E-state index < -0.39 is 6.10 Å². The van der Waals surface area contributed by atoms with Crippen LogP contribution in [-0.4, -0.2) is 42.1 Å². The zero-order valence-corrected chi connectivity index (χ0v) is 15.0. The minimum absolute atomic E-state index is 0.159. The highest BCUT2D eigenvalue weighted by molar-refractivity contribution is 5.94. The minimum Gasteiger partial charge on any atom is -0.391 e. The molecule has 0 radical (unpaired) electrons. The Morgan fingerprint density at radius 3 is 2.96 bits per heavy atom. The van der Waals surface area contributed by atoms with Crippen molar-refractivity contribution in [3.63, 3.8) is 0 Å². The van der Waals surface area contributed by atoms with Crippen LogP contribution in [0.3, 0.4) is 0 Å². The maximum absolute atomic E-state index is 12.7. The number of rotatable bonds is 4. The van der Waals surface area contributed by atoms with Gasteiger partial charge < -0.3 is 19.4 Å². The number of carbonyl (C=O) groups is 1. The molecule has 1 saturated carbocycles. The predicted octanol–water partition coefficient (Wildman–Crippen LogP) is 1.72. The van der Waals surface area contributed by atoms with Gasteiger partial charge in [-0.3, -0.25) is 4.79 Å². The number of aliphatic hydroxyl groups excluding tert-OH is 1. The van der Waals surface area contributed by atoms with E-state index in [1.807, 2.05) is 41.3 Å². The largest absolute Gasteiger partial charge is 0.391 e. The van der Waals surface area contributed by atoms with Crippen LogP contribution in [0.4, 0.5) is 0 Å². The summed E-state index contributed by atoms with van der Waals surface area (Å²) in [5, 5.41) is 13.4. The maximum Gasteiger partial charge on any atom is 0.253 e. The zero-order valence-electron chi connectivity index (χ0n) is 15.0. The Bertz CT molecular complexity index is 931. The van der Waals surface area contributed by atoms with Crippen molar-refractivity contribution in [2.24, 2.45) is 5.92 Å². The van der Waals surface area contributed by atoms with E-state index in [2.05, 4.69) is 15.3 Å². The molecule has 1 aliphatic rings. The monoisotopic (exact) mass is 353 g/mol. The molecule has 3 aromatic heterocycles. The average molecular weight is 353 g/mol. The molecule has 136 valence electrons. The molecule has 1 aliphatic carbocycles. The number of aliphatic hydroxyl groups is 1. The number of amides is 1. The van der Waals surface area contributed by atoms with Gasteiger partial charge in [-0.25, -0.2) is 9.97 Å². The highest BCUT2D eigenvalue weighted by Gasteiger charge is 2.34. The number of carbonyl (C=O) groups excluding carboxylic acids is 1. The van der Waals surface area contributed by atoms with E-state index in [1.54, 1.807) is 18.7 Å². The first kappa shape index (κ1) is 16.8.